The number of carbonyl (C=O) groups is 2. The topological polar surface area (TPSA) is 63.6 Å². The first-order valence-corrected chi connectivity index (χ1v) is 6.65. The lowest BCUT2D eigenvalue weighted by Gasteiger charge is -2.12. The molecule has 2 rings (SSSR count). The minimum Gasteiger partial charge on any atom is -0.508 e. The maximum absolute atomic E-state index is 12.1. The number of halogens is 1. The molecular formula is C16H13ClO4. The number of phenolic OH excluding ortho intramolecular Hbond substituents is 1. The molecule has 0 aliphatic carbocycles. The van der Waals surface area contributed by atoms with Crippen molar-refractivity contribution in [2.24, 2.45) is 0 Å². The van der Waals surface area contributed by atoms with Crippen molar-refractivity contribution in [3.63, 3.8) is 0 Å². The van der Waals surface area contributed by atoms with Gasteiger partial charge in [0.05, 0.1) is 5.56 Å². The van der Waals surface area contributed by atoms with Gasteiger partial charge >= 0.3 is 5.97 Å². The van der Waals surface area contributed by atoms with Gasteiger partial charge in [-0.05, 0) is 55.5 Å². The average molecular weight is 305 g/mol. The first-order chi connectivity index (χ1) is 9.97. The summed E-state index contributed by atoms with van der Waals surface area (Å²) < 4.78 is 5.12. The summed E-state index contributed by atoms with van der Waals surface area (Å²) in [6.07, 6.45) is -0.910. The molecule has 0 bridgehead atoms. The SMILES string of the molecule is C[C@H](OC(=O)c1ccc(O)cc1)C(=O)c1ccc(Cl)cc1. The highest BCUT2D eigenvalue weighted by molar-refractivity contribution is 6.30. The number of Topliss-reactive ketones (excluding diaryl/α,β-unsaturated/α-hetero) is 1. The molecule has 0 saturated carbocycles. The van der Waals surface area contributed by atoms with Crippen molar-refractivity contribution in [1.82, 2.24) is 0 Å². The van der Waals surface area contributed by atoms with E-state index in [-0.39, 0.29) is 17.1 Å². The lowest BCUT2D eigenvalue weighted by Crippen LogP contribution is -2.24. The Morgan fingerprint density at radius 3 is 2.10 bits per heavy atom. The molecule has 0 aliphatic heterocycles. The average Bonchev–Trinajstić information content (AvgIpc) is 2.47. The van der Waals surface area contributed by atoms with Crippen LogP contribution in [0.25, 0.3) is 0 Å². The molecule has 0 aliphatic rings. The van der Waals surface area contributed by atoms with E-state index in [9.17, 15) is 9.59 Å². The number of hydrogen-bond donors (Lipinski definition) is 1. The second-order valence-corrected chi connectivity index (χ2v) is 4.90. The van der Waals surface area contributed by atoms with Gasteiger partial charge in [0.1, 0.15) is 5.75 Å². The van der Waals surface area contributed by atoms with Crippen LogP contribution in [0.1, 0.15) is 27.6 Å². The molecule has 0 radical (unpaired) electrons. The summed E-state index contributed by atoms with van der Waals surface area (Å²) in [5.74, 6) is -0.875. The molecule has 0 heterocycles. The lowest BCUT2D eigenvalue weighted by atomic mass is 10.1. The zero-order valence-corrected chi connectivity index (χ0v) is 12.0. The van der Waals surface area contributed by atoms with Crippen LogP contribution in [-0.2, 0) is 4.74 Å². The van der Waals surface area contributed by atoms with Gasteiger partial charge in [-0.1, -0.05) is 11.6 Å². The molecular weight excluding hydrogens is 292 g/mol. The summed E-state index contributed by atoms with van der Waals surface area (Å²) in [5.41, 5.74) is 0.689. The maximum Gasteiger partial charge on any atom is 0.338 e. The smallest absolute Gasteiger partial charge is 0.338 e. The van der Waals surface area contributed by atoms with Crippen molar-refractivity contribution < 1.29 is 19.4 Å². The molecule has 4 nitrogen and oxygen atoms in total. The Bertz CT molecular complexity index is 647. The second kappa shape index (κ2) is 6.41. The van der Waals surface area contributed by atoms with E-state index in [1.54, 1.807) is 24.3 Å². The van der Waals surface area contributed by atoms with Crippen molar-refractivity contribution in [2.45, 2.75) is 13.0 Å². The normalized spacial score (nSPS) is 11.7. The highest BCUT2D eigenvalue weighted by Crippen LogP contribution is 2.15. The van der Waals surface area contributed by atoms with Gasteiger partial charge < -0.3 is 9.84 Å². The van der Waals surface area contributed by atoms with E-state index >= 15 is 0 Å². The minimum absolute atomic E-state index is 0.0526. The molecule has 2 aromatic rings. The van der Waals surface area contributed by atoms with Gasteiger partial charge in [-0.25, -0.2) is 4.79 Å². The number of carbonyl (C=O) groups excluding carboxylic acids is 2. The first-order valence-electron chi connectivity index (χ1n) is 6.27. The molecule has 0 fully saturated rings. The van der Waals surface area contributed by atoms with E-state index in [0.717, 1.165) is 0 Å². The second-order valence-electron chi connectivity index (χ2n) is 4.47. The maximum atomic E-state index is 12.1. The fourth-order valence-electron chi connectivity index (χ4n) is 1.73. The van der Waals surface area contributed by atoms with Crippen LogP contribution in [0.2, 0.25) is 5.02 Å². The summed E-state index contributed by atoms with van der Waals surface area (Å²) in [5, 5.41) is 9.69. The predicted octanol–water partition coefficient (Wildman–Crippen LogP) is 3.47. The van der Waals surface area contributed by atoms with E-state index < -0.39 is 12.1 Å². The molecule has 5 heteroatoms. The highest BCUT2D eigenvalue weighted by atomic mass is 35.5. The van der Waals surface area contributed by atoms with E-state index in [1.165, 1.54) is 31.2 Å². The van der Waals surface area contributed by atoms with Gasteiger partial charge in [0.25, 0.3) is 0 Å². The van der Waals surface area contributed by atoms with Gasteiger partial charge in [-0.2, -0.15) is 0 Å². The molecule has 2 aromatic carbocycles. The molecule has 0 saturated heterocycles. The fraction of sp³-hybridized carbons (Fsp3) is 0.125. The molecule has 1 atom stereocenters. The zero-order valence-electron chi connectivity index (χ0n) is 11.2. The van der Waals surface area contributed by atoms with E-state index in [1.807, 2.05) is 0 Å². The number of aromatic hydroxyl groups is 1. The number of hydrogen-bond acceptors (Lipinski definition) is 4. The van der Waals surface area contributed by atoms with Crippen LogP contribution in [0.4, 0.5) is 0 Å². The van der Waals surface area contributed by atoms with Crippen LogP contribution >= 0.6 is 11.6 Å². The molecule has 0 spiro atoms. The van der Waals surface area contributed by atoms with E-state index in [0.29, 0.717) is 10.6 Å². The quantitative estimate of drug-likeness (QED) is 0.694. The fourth-order valence-corrected chi connectivity index (χ4v) is 1.85. The van der Waals surface area contributed by atoms with Crippen molar-refractivity contribution in [1.29, 1.82) is 0 Å². The van der Waals surface area contributed by atoms with Crippen molar-refractivity contribution >= 4 is 23.4 Å². The number of benzene rings is 2. The third-order valence-corrected chi connectivity index (χ3v) is 3.14. The Labute approximate surface area is 126 Å². The van der Waals surface area contributed by atoms with Crippen LogP contribution in [-0.4, -0.2) is 23.0 Å². The molecule has 0 aromatic heterocycles. The van der Waals surface area contributed by atoms with Gasteiger partial charge in [-0.3, -0.25) is 4.79 Å². The van der Waals surface area contributed by atoms with Crippen LogP contribution in [0.3, 0.4) is 0 Å². The van der Waals surface area contributed by atoms with E-state index in [2.05, 4.69) is 0 Å². The lowest BCUT2D eigenvalue weighted by molar-refractivity contribution is 0.0319. The Kier molecular flexibility index (Phi) is 4.60. The Balaban J connectivity index is 2.05. The first kappa shape index (κ1) is 15.1. The van der Waals surface area contributed by atoms with Gasteiger partial charge in [0.15, 0.2) is 6.10 Å². The predicted molar refractivity (Wildman–Crippen MR) is 78.8 cm³/mol. The van der Waals surface area contributed by atoms with Crippen LogP contribution < -0.4 is 0 Å². The van der Waals surface area contributed by atoms with Crippen molar-refractivity contribution in [3.8, 4) is 5.75 Å². The van der Waals surface area contributed by atoms with Crippen molar-refractivity contribution in [3.05, 3.63) is 64.7 Å². The van der Waals surface area contributed by atoms with Gasteiger partial charge in [0.2, 0.25) is 5.78 Å². The molecule has 1 N–H and O–H groups in total. The summed E-state index contributed by atoms with van der Waals surface area (Å²) in [4.78, 5) is 24.0. The number of ketones is 1. The Morgan fingerprint density at radius 1 is 1.00 bits per heavy atom. The minimum atomic E-state index is -0.910. The third kappa shape index (κ3) is 3.83. The molecule has 0 unspecified atom stereocenters. The molecule has 108 valence electrons. The molecule has 0 amide bonds. The summed E-state index contributed by atoms with van der Waals surface area (Å²) in [7, 11) is 0. The van der Waals surface area contributed by atoms with Crippen LogP contribution in [0.5, 0.6) is 5.75 Å². The van der Waals surface area contributed by atoms with E-state index in [4.69, 9.17) is 21.4 Å². The number of ether oxygens (including phenoxy) is 1. The van der Waals surface area contributed by atoms with Crippen molar-refractivity contribution in [2.75, 3.05) is 0 Å². The number of phenols is 1. The molecule has 21 heavy (non-hydrogen) atoms. The Hall–Kier alpha value is -2.33. The monoisotopic (exact) mass is 304 g/mol. The largest absolute Gasteiger partial charge is 0.508 e. The summed E-state index contributed by atoms with van der Waals surface area (Å²) in [6, 6.07) is 12.0. The Morgan fingerprint density at radius 2 is 1.52 bits per heavy atom. The highest BCUT2D eigenvalue weighted by Gasteiger charge is 2.20. The van der Waals surface area contributed by atoms with Crippen LogP contribution in [0, 0.1) is 0 Å². The number of rotatable bonds is 4. The summed E-state index contributed by atoms with van der Waals surface area (Å²) >= 11 is 5.76. The van der Waals surface area contributed by atoms with Gasteiger partial charge in [-0.15, -0.1) is 0 Å². The van der Waals surface area contributed by atoms with Crippen LogP contribution in [0.15, 0.2) is 48.5 Å². The standard InChI is InChI=1S/C16H13ClO4/c1-10(15(19)11-2-6-13(17)7-3-11)21-16(20)12-4-8-14(18)9-5-12/h2-10,18H,1H3/t10-/m0/s1. The number of esters is 1. The van der Waals surface area contributed by atoms with Gasteiger partial charge in [0, 0.05) is 10.6 Å². The summed E-state index contributed by atoms with van der Waals surface area (Å²) in [6.45, 7) is 1.51. The third-order valence-electron chi connectivity index (χ3n) is 2.88. The zero-order chi connectivity index (χ0) is 15.4.